The highest BCUT2D eigenvalue weighted by molar-refractivity contribution is 6.23. The highest BCUT2D eigenvalue weighted by Crippen LogP contribution is 2.47. The van der Waals surface area contributed by atoms with E-state index in [1.165, 1.54) is 49.2 Å². The molecule has 0 saturated carbocycles. The maximum atomic E-state index is 6.84. The molecule has 50 heavy (non-hydrogen) atoms. The molecule has 0 fully saturated rings. The average Bonchev–Trinajstić information content (AvgIpc) is 3.58. The van der Waals surface area contributed by atoms with Crippen molar-refractivity contribution in [1.82, 2.24) is 0 Å². The molecule has 10 rings (SSSR count). The third kappa shape index (κ3) is 4.57. The first-order valence-electron chi connectivity index (χ1n) is 17.1. The maximum Gasteiger partial charge on any atom is 0.143 e. The number of anilines is 3. The maximum absolute atomic E-state index is 6.84. The van der Waals surface area contributed by atoms with E-state index in [0.717, 1.165) is 44.4 Å². The third-order valence-electron chi connectivity index (χ3n) is 10.0. The zero-order valence-corrected chi connectivity index (χ0v) is 27.3. The van der Waals surface area contributed by atoms with Gasteiger partial charge in [-0.3, -0.25) is 0 Å². The van der Waals surface area contributed by atoms with E-state index >= 15 is 0 Å². The first-order chi connectivity index (χ1) is 24.8. The van der Waals surface area contributed by atoms with Crippen molar-refractivity contribution < 1.29 is 4.42 Å². The Morgan fingerprint density at radius 2 is 1.02 bits per heavy atom. The van der Waals surface area contributed by atoms with E-state index in [-0.39, 0.29) is 0 Å². The predicted octanol–water partition coefficient (Wildman–Crippen LogP) is 13.8. The zero-order valence-electron chi connectivity index (χ0n) is 27.3. The standard InChI is InChI=1S/C48H31NO/c1-2-13-32(14-3-1)36-19-10-20-37(29-36)49(38-28-27-33-15-4-5-17-35(33)30-38)45-25-12-26-46-47(45)44-31-43(41-22-8-9-23-42(41)48(44)50-46)40-24-11-18-34-16-6-7-21-39(34)40/h1-31H. The molecule has 10 aromatic rings. The van der Waals surface area contributed by atoms with Crippen LogP contribution in [0.2, 0.25) is 0 Å². The fourth-order valence-corrected chi connectivity index (χ4v) is 7.70. The Morgan fingerprint density at radius 3 is 1.90 bits per heavy atom. The highest BCUT2D eigenvalue weighted by Gasteiger charge is 2.22. The lowest BCUT2D eigenvalue weighted by Gasteiger charge is -2.27. The number of furan rings is 1. The highest BCUT2D eigenvalue weighted by atomic mass is 16.3. The van der Waals surface area contributed by atoms with E-state index in [2.05, 4.69) is 193 Å². The molecule has 0 aliphatic rings. The number of benzene rings is 9. The molecule has 1 heterocycles. The Bertz CT molecular complexity index is 2880. The van der Waals surface area contributed by atoms with Crippen LogP contribution in [0.3, 0.4) is 0 Å². The summed E-state index contributed by atoms with van der Waals surface area (Å²) >= 11 is 0. The summed E-state index contributed by atoms with van der Waals surface area (Å²) in [5.41, 5.74) is 9.78. The minimum Gasteiger partial charge on any atom is -0.455 e. The molecular formula is C48H31NO. The summed E-state index contributed by atoms with van der Waals surface area (Å²) in [6.07, 6.45) is 0. The molecule has 0 unspecified atom stereocenters. The van der Waals surface area contributed by atoms with Crippen LogP contribution >= 0.6 is 0 Å². The van der Waals surface area contributed by atoms with Gasteiger partial charge < -0.3 is 9.32 Å². The molecule has 0 spiro atoms. The average molecular weight is 638 g/mol. The number of hydrogen-bond acceptors (Lipinski definition) is 2. The number of fused-ring (bicyclic) bond motifs is 7. The lowest BCUT2D eigenvalue weighted by atomic mass is 9.92. The minimum absolute atomic E-state index is 0.864. The molecule has 2 nitrogen and oxygen atoms in total. The van der Waals surface area contributed by atoms with Crippen LogP contribution in [0, 0.1) is 0 Å². The number of nitrogens with zero attached hydrogens (tertiary/aromatic N) is 1. The molecule has 0 aliphatic carbocycles. The van der Waals surface area contributed by atoms with E-state index in [0.29, 0.717) is 0 Å². The van der Waals surface area contributed by atoms with Crippen LogP contribution in [0.4, 0.5) is 17.1 Å². The van der Waals surface area contributed by atoms with Gasteiger partial charge in [-0.2, -0.15) is 0 Å². The van der Waals surface area contributed by atoms with Gasteiger partial charge in [0.15, 0.2) is 0 Å². The summed E-state index contributed by atoms with van der Waals surface area (Å²) in [7, 11) is 0. The zero-order chi connectivity index (χ0) is 33.0. The second-order valence-corrected chi connectivity index (χ2v) is 12.9. The summed E-state index contributed by atoms with van der Waals surface area (Å²) in [6, 6.07) is 67.5. The fourth-order valence-electron chi connectivity index (χ4n) is 7.70. The molecule has 0 aliphatic heterocycles. The van der Waals surface area contributed by atoms with E-state index in [1.54, 1.807) is 0 Å². The smallest absolute Gasteiger partial charge is 0.143 e. The van der Waals surface area contributed by atoms with Gasteiger partial charge in [0.2, 0.25) is 0 Å². The van der Waals surface area contributed by atoms with Crippen molar-refractivity contribution in [2.45, 2.75) is 0 Å². The molecule has 0 bridgehead atoms. The summed E-state index contributed by atoms with van der Waals surface area (Å²) in [5, 5.41) is 9.36. The van der Waals surface area contributed by atoms with E-state index < -0.39 is 0 Å². The van der Waals surface area contributed by atoms with Gasteiger partial charge in [-0.05, 0) is 91.6 Å². The van der Waals surface area contributed by atoms with Crippen molar-refractivity contribution in [3.05, 3.63) is 188 Å². The van der Waals surface area contributed by atoms with Crippen molar-refractivity contribution in [2.75, 3.05) is 4.90 Å². The summed E-state index contributed by atoms with van der Waals surface area (Å²) in [4.78, 5) is 2.39. The van der Waals surface area contributed by atoms with Gasteiger partial charge in [-0.25, -0.2) is 0 Å². The van der Waals surface area contributed by atoms with E-state index in [4.69, 9.17) is 4.42 Å². The topological polar surface area (TPSA) is 16.4 Å². The number of rotatable bonds is 5. The normalized spacial score (nSPS) is 11.6. The Morgan fingerprint density at radius 1 is 0.360 bits per heavy atom. The largest absolute Gasteiger partial charge is 0.455 e. The van der Waals surface area contributed by atoms with Crippen LogP contribution < -0.4 is 4.90 Å². The third-order valence-corrected chi connectivity index (χ3v) is 10.0. The predicted molar refractivity (Wildman–Crippen MR) is 212 cm³/mol. The molecular weight excluding hydrogens is 607 g/mol. The lowest BCUT2D eigenvalue weighted by molar-refractivity contribution is 0.672. The summed E-state index contributed by atoms with van der Waals surface area (Å²) < 4.78 is 6.84. The Balaban J connectivity index is 1.29. The van der Waals surface area contributed by atoms with E-state index in [1.807, 2.05) is 0 Å². The molecule has 0 saturated heterocycles. The molecule has 1 aromatic heterocycles. The molecule has 9 aromatic carbocycles. The minimum atomic E-state index is 0.864. The quantitative estimate of drug-likeness (QED) is 0.187. The Kier molecular flexibility index (Phi) is 6.53. The van der Waals surface area contributed by atoms with Gasteiger partial charge >= 0.3 is 0 Å². The van der Waals surface area contributed by atoms with E-state index in [9.17, 15) is 0 Å². The van der Waals surface area contributed by atoms with Gasteiger partial charge in [-0.15, -0.1) is 0 Å². The molecule has 0 amide bonds. The first kappa shape index (κ1) is 28.4. The first-order valence-corrected chi connectivity index (χ1v) is 17.1. The van der Waals surface area contributed by atoms with Gasteiger partial charge in [0.25, 0.3) is 0 Å². The monoisotopic (exact) mass is 637 g/mol. The SMILES string of the molecule is c1ccc(-c2cccc(N(c3ccc4ccccc4c3)c3cccc4oc5c6ccccc6c(-c6cccc7ccccc67)cc5c34)c2)cc1. The second kappa shape index (κ2) is 11.5. The molecule has 0 atom stereocenters. The van der Waals surface area contributed by atoms with Crippen LogP contribution in [0.1, 0.15) is 0 Å². The van der Waals surface area contributed by atoms with Crippen molar-refractivity contribution in [1.29, 1.82) is 0 Å². The van der Waals surface area contributed by atoms with Crippen LogP contribution in [-0.2, 0) is 0 Å². The molecule has 0 N–H and O–H groups in total. The Hall–Kier alpha value is -6.64. The second-order valence-electron chi connectivity index (χ2n) is 12.9. The van der Waals surface area contributed by atoms with Crippen LogP contribution in [0.15, 0.2) is 192 Å². The van der Waals surface area contributed by atoms with Crippen molar-refractivity contribution >= 4 is 71.3 Å². The Labute approximate surface area is 290 Å². The van der Waals surface area contributed by atoms with Crippen molar-refractivity contribution in [3.63, 3.8) is 0 Å². The summed E-state index contributed by atoms with van der Waals surface area (Å²) in [5.74, 6) is 0. The number of hydrogen-bond donors (Lipinski definition) is 0. The fraction of sp³-hybridized carbons (Fsp3) is 0. The van der Waals surface area contributed by atoms with Crippen molar-refractivity contribution in [2.24, 2.45) is 0 Å². The molecule has 2 heteroatoms. The van der Waals surface area contributed by atoms with Crippen LogP contribution in [-0.4, -0.2) is 0 Å². The van der Waals surface area contributed by atoms with Crippen LogP contribution in [0.5, 0.6) is 0 Å². The molecule has 0 radical (unpaired) electrons. The lowest BCUT2D eigenvalue weighted by Crippen LogP contribution is -2.10. The summed E-state index contributed by atoms with van der Waals surface area (Å²) in [6.45, 7) is 0. The molecule has 234 valence electrons. The van der Waals surface area contributed by atoms with Gasteiger partial charge in [0, 0.05) is 22.1 Å². The van der Waals surface area contributed by atoms with Crippen molar-refractivity contribution in [3.8, 4) is 22.3 Å². The van der Waals surface area contributed by atoms with Gasteiger partial charge in [0.1, 0.15) is 11.2 Å². The van der Waals surface area contributed by atoms with Gasteiger partial charge in [0.05, 0.1) is 11.1 Å². The van der Waals surface area contributed by atoms with Gasteiger partial charge in [-0.1, -0.05) is 146 Å². The van der Waals surface area contributed by atoms with Crippen LogP contribution in [0.25, 0.3) is 76.5 Å².